The molecule has 5 heteroatoms. The van der Waals surface area contributed by atoms with Crippen molar-refractivity contribution in [2.45, 2.75) is 0 Å². The van der Waals surface area contributed by atoms with E-state index in [1.54, 1.807) is 12.1 Å². The zero-order valence-electron chi connectivity index (χ0n) is 8.18. The first-order valence-electron chi connectivity index (χ1n) is 4.46. The molecule has 0 spiro atoms. The highest BCUT2D eigenvalue weighted by Crippen LogP contribution is 2.28. The Morgan fingerprint density at radius 2 is 2.06 bits per heavy atom. The van der Waals surface area contributed by atoms with Crippen LogP contribution in [0.25, 0.3) is 11.3 Å². The second-order valence-corrected chi connectivity index (χ2v) is 3.88. The highest BCUT2D eigenvalue weighted by Gasteiger charge is 2.11. The highest BCUT2D eigenvalue weighted by molar-refractivity contribution is 6.99. The monoisotopic (exact) mass is 250 g/mol. The number of halogens is 1. The van der Waals surface area contributed by atoms with Gasteiger partial charge in [-0.25, -0.2) is 0 Å². The molecule has 0 atom stereocenters. The zero-order valence-corrected chi connectivity index (χ0v) is 9.76. The summed E-state index contributed by atoms with van der Waals surface area (Å²) in [5.41, 5.74) is 1.60. The SMILES string of the molecule is C#CCOc1nsnc1-c1ccc(Cl)cc1. The molecule has 2 aromatic rings. The quantitative estimate of drug-likeness (QED) is 0.786. The molecule has 0 radical (unpaired) electrons. The predicted molar refractivity (Wildman–Crippen MR) is 64.7 cm³/mol. The molecule has 0 saturated carbocycles. The van der Waals surface area contributed by atoms with Crippen LogP contribution >= 0.6 is 23.3 Å². The fraction of sp³-hybridized carbons (Fsp3) is 0.0909. The van der Waals surface area contributed by atoms with E-state index in [2.05, 4.69) is 14.7 Å². The minimum absolute atomic E-state index is 0.187. The average molecular weight is 251 g/mol. The number of terminal acetylenes is 1. The minimum Gasteiger partial charge on any atom is -0.462 e. The Labute approximate surface area is 102 Å². The largest absolute Gasteiger partial charge is 0.462 e. The number of aromatic nitrogens is 2. The third-order valence-corrected chi connectivity index (χ3v) is 2.63. The molecule has 0 fully saturated rings. The maximum atomic E-state index is 5.81. The van der Waals surface area contributed by atoms with E-state index < -0.39 is 0 Å². The molecule has 80 valence electrons. The molecule has 0 aliphatic carbocycles. The van der Waals surface area contributed by atoms with Crippen molar-refractivity contribution in [3.8, 4) is 29.5 Å². The summed E-state index contributed by atoms with van der Waals surface area (Å²) >= 11 is 6.89. The lowest BCUT2D eigenvalue weighted by molar-refractivity contribution is 0.360. The van der Waals surface area contributed by atoms with Gasteiger partial charge in [0.2, 0.25) is 0 Å². The van der Waals surface area contributed by atoms with Gasteiger partial charge in [-0.05, 0) is 12.1 Å². The number of rotatable bonds is 3. The van der Waals surface area contributed by atoms with Crippen molar-refractivity contribution in [1.82, 2.24) is 8.75 Å². The van der Waals surface area contributed by atoms with Crippen molar-refractivity contribution in [1.29, 1.82) is 0 Å². The first-order chi connectivity index (χ1) is 7.81. The third-order valence-electron chi connectivity index (χ3n) is 1.87. The first kappa shape index (κ1) is 10.9. The molecule has 0 aliphatic rings. The molecule has 0 bridgehead atoms. The van der Waals surface area contributed by atoms with Crippen molar-refractivity contribution in [2.24, 2.45) is 0 Å². The van der Waals surface area contributed by atoms with Gasteiger partial charge in [-0.1, -0.05) is 29.7 Å². The Hall–Kier alpha value is -1.57. The summed E-state index contributed by atoms with van der Waals surface area (Å²) in [4.78, 5) is 0. The standard InChI is InChI=1S/C11H7ClN2OS/c1-2-7-15-11-10(13-16-14-11)8-3-5-9(12)6-4-8/h1,3-6H,7H2. The second-order valence-electron chi connectivity index (χ2n) is 2.92. The summed E-state index contributed by atoms with van der Waals surface area (Å²) in [5, 5.41) is 0.679. The zero-order chi connectivity index (χ0) is 11.4. The number of benzene rings is 1. The van der Waals surface area contributed by atoms with Gasteiger partial charge in [0.1, 0.15) is 5.69 Å². The lowest BCUT2D eigenvalue weighted by Gasteiger charge is -2.01. The van der Waals surface area contributed by atoms with Crippen LogP contribution in [0.1, 0.15) is 0 Å². The van der Waals surface area contributed by atoms with E-state index in [9.17, 15) is 0 Å². The Bertz CT molecular complexity index is 516. The third kappa shape index (κ3) is 2.32. The van der Waals surface area contributed by atoms with E-state index in [0.717, 1.165) is 17.3 Å². The molecule has 0 aliphatic heterocycles. The topological polar surface area (TPSA) is 35.0 Å². The van der Waals surface area contributed by atoms with Crippen molar-refractivity contribution in [2.75, 3.05) is 6.61 Å². The van der Waals surface area contributed by atoms with Crippen LogP contribution in [0.15, 0.2) is 24.3 Å². The summed E-state index contributed by atoms with van der Waals surface area (Å²) in [7, 11) is 0. The summed E-state index contributed by atoms with van der Waals surface area (Å²) in [6, 6.07) is 7.31. The molecule has 1 aromatic heterocycles. The predicted octanol–water partition coefficient (Wildman–Crippen LogP) is 2.87. The average Bonchev–Trinajstić information content (AvgIpc) is 2.75. The van der Waals surface area contributed by atoms with Crippen molar-refractivity contribution >= 4 is 23.3 Å². The van der Waals surface area contributed by atoms with E-state index in [1.165, 1.54) is 0 Å². The van der Waals surface area contributed by atoms with Gasteiger partial charge >= 0.3 is 0 Å². The minimum atomic E-state index is 0.187. The molecular weight excluding hydrogens is 244 g/mol. The molecule has 3 nitrogen and oxygen atoms in total. The summed E-state index contributed by atoms with van der Waals surface area (Å²) in [5.74, 6) is 2.85. The second kappa shape index (κ2) is 4.97. The summed E-state index contributed by atoms with van der Waals surface area (Å²) in [6.07, 6.45) is 5.12. The Balaban J connectivity index is 2.30. The highest BCUT2D eigenvalue weighted by atomic mass is 35.5. The molecule has 1 heterocycles. The number of hydrogen-bond donors (Lipinski definition) is 0. The fourth-order valence-corrected chi connectivity index (χ4v) is 1.81. The van der Waals surface area contributed by atoms with Gasteiger partial charge < -0.3 is 4.74 Å². The van der Waals surface area contributed by atoms with Crippen LogP contribution < -0.4 is 4.74 Å². The maximum Gasteiger partial charge on any atom is 0.254 e. The molecular formula is C11H7ClN2OS. The van der Waals surface area contributed by atoms with Gasteiger partial charge in [0.05, 0.1) is 11.7 Å². The van der Waals surface area contributed by atoms with Crippen LogP contribution in [-0.4, -0.2) is 15.4 Å². The molecule has 0 saturated heterocycles. The van der Waals surface area contributed by atoms with Crippen molar-refractivity contribution < 1.29 is 4.74 Å². The number of nitrogens with zero attached hydrogens (tertiary/aromatic N) is 2. The van der Waals surface area contributed by atoms with E-state index in [1.807, 2.05) is 12.1 Å². The molecule has 0 unspecified atom stereocenters. The number of ether oxygens (including phenoxy) is 1. The Kier molecular flexibility index (Phi) is 3.40. The van der Waals surface area contributed by atoms with Gasteiger partial charge in [0.15, 0.2) is 6.61 Å². The van der Waals surface area contributed by atoms with Crippen LogP contribution in [0.5, 0.6) is 5.88 Å². The first-order valence-corrected chi connectivity index (χ1v) is 5.57. The molecule has 2 rings (SSSR count). The molecule has 0 amide bonds. The van der Waals surface area contributed by atoms with Crippen LogP contribution in [0.3, 0.4) is 0 Å². The van der Waals surface area contributed by atoms with Crippen LogP contribution in [0.2, 0.25) is 5.02 Å². The van der Waals surface area contributed by atoms with Crippen LogP contribution in [0.4, 0.5) is 0 Å². The van der Waals surface area contributed by atoms with Crippen molar-refractivity contribution in [3.05, 3.63) is 29.3 Å². The fourth-order valence-electron chi connectivity index (χ4n) is 1.17. The normalized spacial score (nSPS) is 9.75. The van der Waals surface area contributed by atoms with Gasteiger partial charge in [-0.15, -0.1) is 10.8 Å². The van der Waals surface area contributed by atoms with E-state index in [0.29, 0.717) is 16.6 Å². The van der Waals surface area contributed by atoms with Crippen molar-refractivity contribution in [3.63, 3.8) is 0 Å². The lowest BCUT2D eigenvalue weighted by Crippen LogP contribution is -1.95. The van der Waals surface area contributed by atoms with Gasteiger partial charge in [0, 0.05) is 10.6 Å². The number of hydrogen-bond acceptors (Lipinski definition) is 4. The van der Waals surface area contributed by atoms with Gasteiger partial charge in [-0.3, -0.25) is 0 Å². The molecule has 1 aromatic carbocycles. The van der Waals surface area contributed by atoms with E-state index >= 15 is 0 Å². The molecule has 16 heavy (non-hydrogen) atoms. The van der Waals surface area contributed by atoms with Crippen LogP contribution in [-0.2, 0) is 0 Å². The van der Waals surface area contributed by atoms with Crippen LogP contribution in [0, 0.1) is 12.3 Å². The van der Waals surface area contributed by atoms with Gasteiger partial charge in [0.25, 0.3) is 5.88 Å². The van der Waals surface area contributed by atoms with E-state index in [4.69, 9.17) is 22.8 Å². The lowest BCUT2D eigenvalue weighted by atomic mass is 10.2. The summed E-state index contributed by atoms with van der Waals surface area (Å²) in [6.45, 7) is 0.187. The summed E-state index contributed by atoms with van der Waals surface area (Å²) < 4.78 is 13.5. The Morgan fingerprint density at radius 3 is 2.75 bits per heavy atom. The Morgan fingerprint density at radius 1 is 1.31 bits per heavy atom. The van der Waals surface area contributed by atoms with Gasteiger partial charge in [-0.2, -0.15) is 4.37 Å². The smallest absolute Gasteiger partial charge is 0.254 e. The maximum absolute atomic E-state index is 5.81. The van der Waals surface area contributed by atoms with E-state index in [-0.39, 0.29) is 6.61 Å². The molecule has 0 N–H and O–H groups in total.